The van der Waals surface area contributed by atoms with E-state index in [0.29, 0.717) is 17.7 Å². The maximum Gasteiger partial charge on any atom is 0.253 e. The highest BCUT2D eigenvalue weighted by atomic mass is 32.2. The van der Waals surface area contributed by atoms with Gasteiger partial charge in [0.15, 0.2) is 0 Å². The number of nitrogens with zero attached hydrogens (tertiary/aromatic N) is 1. The maximum absolute atomic E-state index is 12.0. The van der Waals surface area contributed by atoms with Gasteiger partial charge in [0.2, 0.25) is 5.91 Å². The van der Waals surface area contributed by atoms with Crippen molar-refractivity contribution in [2.75, 3.05) is 19.8 Å². The van der Waals surface area contributed by atoms with Crippen LogP contribution in [0, 0.1) is 5.92 Å². The van der Waals surface area contributed by atoms with Crippen LogP contribution in [0.1, 0.15) is 28.8 Å². The number of nitrogens with one attached hydrogen (secondary N) is 1. The number of amides is 2. The van der Waals surface area contributed by atoms with Crippen LogP contribution >= 0.6 is 11.8 Å². The second-order valence-corrected chi connectivity index (χ2v) is 7.68. The van der Waals surface area contributed by atoms with E-state index in [4.69, 9.17) is 5.21 Å². The third-order valence-corrected chi connectivity index (χ3v) is 5.48. The zero-order chi connectivity index (χ0) is 19.6. The molecule has 2 amide bonds. The molecule has 0 saturated carbocycles. The first-order valence-electron chi connectivity index (χ1n) is 8.93. The highest BCUT2D eigenvalue weighted by Gasteiger charge is 2.18. The summed E-state index contributed by atoms with van der Waals surface area (Å²) in [6.07, 6.45) is 2.48. The van der Waals surface area contributed by atoms with Gasteiger partial charge in [0, 0.05) is 36.2 Å². The van der Waals surface area contributed by atoms with Crippen LogP contribution in [-0.2, 0) is 11.2 Å². The van der Waals surface area contributed by atoms with Crippen molar-refractivity contribution in [2.45, 2.75) is 24.2 Å². The van der Waals surface area contributed by atoms with Crippen LogP contribution in [0.25, 0.3) is 0 Å². The highest BCUT2D eigenvalue weighted by molar-refractivity contribution is 7.99. The van der Waals surface area contributed by atoms with E-state index in [1.165, 1.54) is 10.5 Å². The minimum atomic E-state index is -0.352. The number of rotatable bonds is 9. The average molecular weight is 387 g/mol. The summed E-state index contributed by atoms with van der Waals surface area (Å²) in [5, 5.41) is 9.02. The number of aryl methyl sites for hydroxylation is 1. The summed E-state index contributed by atoms with van der Waals surface area (Å²) in [5.41, 5.74) is 3.66. The smallest absolute Gasteiger partial charge is 0.253 e. The van der Waals surface area contributed by atoms with Crippen molar-refractivity contribution in [3.05, 3.63) is 65.7 Å². The number of hydroxylamine groups is 1. The molecule has 0 aliphatic carbocycles. The zero-order valence-corrected chi connectivity index (χ0v) is 16.5. The molecule has 2 N–H and O–H groups in total. The molecule has 2 aromatic carbocycles. The third kappa shape index (κ3) is 6.73. The SMILES string of the molecule is CN(C)C(=O)c1ccc(SCC(CCCc2ccccc2)C(=O)NO)cc1. The van der Waals surface area contributed by atoms with Crippen molar-refractivity contribution in [1.29, 1.82) is 0 Å². The standard InChI is InChI=1S/C21H26N2O3S/c1-23(2)21(25)17-11-13-19(14-12-17)27-15-18(20(24)22-26)10-6-9-16-7-4-3-5-8-16/h3-5,7-8,11-14,18,26H,6,9-10,15H2,1-2H3,(H,22,24). The van der Waals surface area contributed by atoms with Crippen molar-refractivity contribution in [1.82, 2.24) is 10.4 Å². The van der Waals surface area contributed by atoms with Crippen LogP contribution in [0.5, 0.6) is 0 Å². The van der Waals surface area contributed by atoms with E-state index in [1.54, 1.807) is 43.5 Å². The van der Waals surface area contributed by atoms with Crippen LogP contribution in [0.3, 0.4) is 0 Å². The third-order valence-electron chi connectivity index (χ3n) is 4.30. The molecule has 6 heteroatoms. The Morgan fingerprint density at radius 3 is 2.33 bits per heavy atom. The Balaban J connectivity index is 1.88. The Hall–Kier alpha value is -2.31. The minimum absolute atomic E-state index is 0.0370. The van der Waals surface area contributed by atoms with Crippen LogP contribution in [0.15, 0.2) is 59.5 Å². The second-order valence-electron chi connectivity index (χ2n) is 6.59. The number of carbonyl (C=O) groups is 2. The molecule has 144 valence electrons. The summed E-state index contributed by atoms with van der Waals surface area (Å²) in [6, 6.07) is 17.5. The first kappa shape index (κ1) is 21.0. The fourth-order valence-electron chi connectivity index (χ4n) is 2.73. The van der Waals surface area contributed by atoms with Crippen LogP contribution < -0.4 is 5.48 Å². The van der Waals surface area contributed by atoms with E-state index in [0.717, 1.165) is 17.7 Å². The molecule has 27 heavy (non-hydrogen) atoms. The van der Waals surface area contributed by atoms with Gasteiger partial charge in [-0.1, -0.05) is 30.3 Å². The fourth-order valence-corrected chi connectivity index (χ4v) is 3.77. The van der Waals surface area contributed by atoms with Crippen molar-refractivity contribution < 1.29 is 14.8 Å². The molecule has 0 bridgehead atoms. The van der Waals surface area contributed by atoms with Crippen molar-refractivity contribution in [2.24, 2.45) is 5.92 Å². The Labute approximate surface area is 164 Å². The summed E-state index contributed by atoms with van der Waals surface area (Å²) in [7, 11) is 3.44. The molecular formula is C21H26N2O3S. The van der Waals surface area contributed by atoms with Gasteiger partial charge < -0.3 is 4.90 Å². The van der Waals surface area contributed by atoms with Gasteiger partial charge >= 0.3 is 0 Å². The molecule has 5 nitrogen and oxygen atoms in total. The Morgan fingerprint density at radius 1 is 1.07 bits per heavy atom. The van der Waals surface area contributed by atoms with E-state index in [-0.39, 0.29) is 17.7 Å². The number of hydrogen-bond acceptors (Lipinski definition) is 4. The normalized spacial score (nSPS) is 11.7. The van der Waals surface area contributed by atoms with Crippen molar-refractivity contribution >= 4 is 23.6 Å². The van der Waals surface area contributed by atoms with Crippen LogP contribution in [0.4, 0.5) is 0 Å². The summed E-state index contributed by atoms with van der Waals surface area (Å²) in [5.74, 6) is -0.0888. The monoisotopic (exact) mass is 386 g/mol. The van der Waals surface area contributed by atoms with Crippen LogP contribution in [0.2, 0.25) is 0 Å². The number of hydrogen-bond donors (Lipinski definition) is 2. The zero-order valence-electron chi connectivity index (χ0n) is 15.7. The molecule has 1 unspecified atom stereocenters. The lowest BCUT2D eigenvalue weighted by Crippen LogP contribution is -2.29. The second kappa shape index (κ2) is 10.7. The fraction of sp³-hybridized carbons (Fsp3) is 0.333. The van der Waals surface area contributed by atoms with Gasteiger partial charge in [0.1, 0.15) is 0 Å². The van der Waals surface area contributed by atoms with Gasteiger partial charge in [-0.15, -0.1) is 11.8 Å². The molecule has 1 atom stereocenters. The lowest BCUT2D eigenvalue weighted by molar-refractivity contribution is -0.132. The van der Waals surface area contributed by atoms with Gasteiger partial charge in [-0.25, -0.2) is 5.48 Å². The molecule has 0 saturated heterocycles. The lowest BCUT2D eigenvalue weighted by Gasteiger charge is -2.15. The highest BCUT2D eigenvalue weighted by Crippen LogP contribution is 2.24. The molecular weight excluding hydrogens is 360 g/mol. The number of thioether (sulfide) groups is 1. The minimum Gasteiger partial charge on any atom is -0.345 e. The summed E-state index contributed by atoms with van der Waals surface area (Å²) in [4.78, 5) is 26.4. The van der Waals surface area contributed by atoms with Gasteiger partial charge in [0.25, 0.3) is 5.91 Å². The van der Waals surface area contributed by atoms with Crippen molar-refractivity contribution in [3.63, 3.8) is 0 Å². The summed E-state index contributed by atoms with van der Waals surface area (Å²) in [6.45, 7) is 0. The molecule has 0 aliphatic rings. The molecule has 0 aromatic heterocycles. The van der Waals surface area contributed by atoms with E-state index in [1.807, 2.05) is 30.3 Å². The maximum atomic E-state index is 12.0. The average Bonchev–Trinajstić information content (AvgIpc) is 2.70. The van der Waals surface area contributed by atoms with E-state index < -0.39 is 0 Å². The molecule has 2 aromatic rings. The lowest BCUT2D eigenvalue weighted by atomic mass is 10.0. The first-order chi connectivity index (χ1) is 13.0. The van der Waals surface area contributed by atoms with Crippen molar-refractivity contribution in [3.8, 4) is 0 Å². The number of benzene rings is 2. The molecule has 0 spiro atoms. The van der Waals surface area contributed by atoms with E-state index in [9.17, 15) is 9.59 Å². The predicted molar refractivity (Wildman–Crippen MR) is 108 cm³/mol. The molecule has 0 heterocycles. The number of carbonyl (C=O) groups excluding carboxylic acids is 2. The molecule has 0 fully saturated rings. The molecule has 0 radical (unpaired) electrons. The Kier molecular flexibility index (Phi) is 8.36. The quantitative estimate of drug-likeness (QED) is 0.392. The Bertz CT molecular complexity index is 733. The van der Waals surface area contributed by atoms with E-state index >= 15 is 0 Å². The van der Waals surface area contributed by atoms with Crippen LogP contribution in [-0.4, -0.2) is 41.8 Å². The predicted octanol–water partition coefficient (Wildman–Crippen LogP) is 3.63. The largest absolute Gasteiger partial charge is 0.345 e. The summed E-state index contributed by atoms with van der Waals surface area (Å²) >= 11 is 1.55. The van der Waals surface area contributed by atoms with E-state index in [2.05, 4.69) is 12.1 Å². The topological polar surface area (TPSA) is 69.6 Å². The van der Waals surface area contributed by atoms with Gasteiger partial charge in [-0.05, 0) is 49.1 Å². The molecule has 0 aliphatic heterocycles. The first-order valence-corrected chi connectivity index (χ1v) is 9.92. The van der Waals surface area contributed by atoms with Gasteiger partial charge in [-0.2, -0.15) is 0 Å². The van der Waals surface area contributed by atoms with Gasteiger partial charge in [0.05, 0.1) is 0 Å². The summed E-state index contributed by atoms with van der Waals surface area (Å²) < 4.78 is 0. The van der Waals surface area contributed by atoms with Gasteiger partial charge in [-0.3, -0.25) is 14.8 Å². The Morgan fingerprint density at radius 2 is 1.74 bits per heavy atom. The molecule has 2 rings (SSSR count).